The van der Waals surface area contributed by atoms with Gasteiger partial charge in [0.25, 0.3) is 6.47 Å². The van der Waals surface area contributed by atoms with E-state index in [-0.39, 0.29) is 0 Å². The molecular weight excluding hydrogens is 267 g/mol. The number of rotatable bonds is 2. The van der Waals surface area contributed by atoms with Crippen LogP contribution in [-0.2, 0) is 14.0 Å². The second-order valence-corrected chi connectivity index (χ2v) is 2.71. The van der Waals surface area contributed by atoms with Crippen molar-refractivity contribution in [3.63, 3.8) is 0 Å². The molecule has 1 aromatic rings. The van der Waals surface area contributed by atoms with E-state index >= 15 is 0 Å². The number of hydrogen-bond donors (Lipinski definition) is 0. The Labute approximate surface area is 86.1 Å². The molecule has 1 aromatic carbocycles. The Hall–Kier alpha value is -0.580. The number of carbonyl (C=O) groups excluding carboxylic acids is 1. The number of ether oxygens (including phenoxy) is 1. The third-order valence-electron chi connectivity index (χ3n) is 1.09. The van der Waals surface area contributed by atoms with Crippen molar-refractivity contribution < 1.29 is 9.53 Å². The van der Waals surface area contributed by atoms with Crippen LogP contribution < -0.4 is 0 Å². The van der Waals surface area contributed by atoms with Gasteiger partial charge in [0.2, 0.25) is 0 Å². The Kier molecular flexibility index (Phi) is 8.10. The van der Waals surface area contributed by atoms with Crippen molar-refractivity contribution in [3.8, 4) is 0 Å². The Balaban J connectivity index is 0.000000261. The van der Waals surface area contributed by atoms with Gasteiger partial charge >= 0.3 is 0 Å². The normalized spacial score (nSPS) is 7.83. The van der Waals surface area contributed by atoms with E-state index in [4.69, 9.17) is 4.79 Å². The maximum absolute atomic E-state index is 8.95. The Morgan fingerprint density at radius 2 is 1.92 bits per heavy atom. The third-order valence-corrected chi connectivity index (χ3v) is 1.97. The van der Waals surface area contributed by atoms with Crippen LogP contribution in [0.4, 0.5) is 0 Å². The first kappa shape index (κ1) is 11.4. The third kappa shape index (κ3) is 6.15. The molecule has 2 nitrogen and oxygen atoms in total. The minimum absolute atomic E-state index is 0.375. The van der Waals surface area contributed by atoms with E-state index in [0.717, 1.165) is 4.43 Å². The summed E-state index contributed by atoms with van der Waals surface area (Å²) in [4.78, 5) is 8.95. The van der Waals surface area contributed by atoms with Gasteiger partial charge in [-0.2, -0.15) is 0 Å². The molecule has 0 saturated carbocycles. The fraction of sp³-hybridized carbons (Fsp3) is 0.222. The van der Waals surface area contributed by atoms with Gasteiger partial charge in [-0.05, 0) is 5.56 Å². The molecule has 0 spiro atoms. The maximum Gasteiger partial charge on any atom is 0.292 e. The van der Waals surface area contributed by atoms with Crippen molar-refractivity contribution >= 4 is 29.1 Å². The maximum atomic E-state index is 8.95. The molecule has 0 aromatic heterocycles. The fourth-order valence-electron chi connectivity index (χ4n) is 0.567. The van der Waals surface area contributed by atoms with E-state index in [2.05, 4.69) is 51.6 Å². The van der Waals surface area contributed by atoms with Gasteiger partial charge in [0, 0.05) is 4.43 Å². The molecule has 0 N–H and O–H groups in total. The zero-order valence-electron chi connectivity index (χ0n) is 6.87. The molecule has 0 unspecified atom stereocenters. The van der Waals surface area contributed by atoms with Gasteiger partial charge < -0.3 is 4.74 Å². The van der Waals surface area contributed by atoms with Crippen molar-refractivity contribution in [2.45, 2.75) is 4.43 Å². The van der Waals surface area contributed by atoms with E-state index in [1.165, 1.54) is 12.7 Å². The van der Waals surface area contributed by atoms with E-state index in [9.17, 15) is 0 Å². The number of methoxy groups -OCH3 is 1. The van der Waals surface area contributed by atoms with Crippen LogP contribution >= 0.6 is 22.6 Å². The first-order valence-electron chi connectivity index (χ1n) is 3.41. The molecule has 0 bridgehead atoms. The van der Waals surface area contributed by atoms with Crippen molar-refractivity contribution in [1.29, 1.82) is 0 Å². The molecule has 0 aliphatic rings. The van der Waals surface area contributed by atoms with Crippen LogP contribution in [-0.4, -0.2) is 13.6 Å². The number of carbonyl (C=O) groups is 1. The second kappa shape index (κ2) is 8.52. The molecule has 0 aliphatic carbocycles. The molecule has 0 saturated heterocycles. The zero-order chi connectivity index (χ0) is 9.23. The van der Waals surface area contributed by atoms with Crippen molar-refractivity contribution in [2.75, 3.05) is 7.11 Å². The summed E-state index contributed by atoms with van der Waals surface area (Å²) in [5.74, 6) is 0. The zero-order valence-corrected chi connectivity index (χ0v) is 9.02. The van der Waals surface area contributed by atoms with Gasteiger partial charge in [0.05, 0.1) is 7.11 Å². The summed E-state index contributed by atoms with van der Waals surface area (Å²) in [5, 5.41) is 0. The lowest BCUT2D eigenvalue weighted by Gasteiger charge is -1.88. The predicted octanol–water partition coefficient (Wildman–Crippen LogP) is 2.41. The van der Waals surface area contributed by atoms with Gasteiger partial charge in [0.15, 0.2) is 0 Å². The van der Waals surface area contributed by atoms with Gasteiger partial charge in [-0.1, -0.05) is 52.9 Å². The topological polar surface area (TPSA) is 26.3 Å². The number of hydrogen-bond acceptors (Lipinski definition) is 2. The molecule has 3 heteroatoms. The predicted molar refractivity (Wildman–Crippen MR) is 57.2 cm³/mol. The Morgan fingerprint density at radius 1 is 1.42 bits per heavy atom. The van der Waals surface area contributed by atoms with Crippen LogP contribution in [0, 0.1) is 0 Å². The van der Waals surface area contributed by atoms with E-state index in [1.54, 1.807) is 0 Å². The lowest BCUT2D eigenvalue weighted by molar-refractivity contribution is -0.126. The highest BCUT2D eigenvalue weighted by molar-refractivity contribution is 14.1. The van der Waals surface area contributed by atoms with Crippen molar-refractivity contribution in [3.05, 3.63) is 35.9 Å². The van der Waals surface area contributed by atoms with E-state index < -0.39 is 0 Å². The summed E-state index contributed by atoms with van der Waals surface area (Å²) in [6.07, 6.45) is 0. The van der Waals surface area contributed by atoms with Gasteiger partial charge in [-0.25, -0.2) is 0 Å². The molecule has 0 aliphatic heterocycles. The van der Waals surface area contributed by atoms with Crippen LogP contribution in [0.25, 0.3) is 0 Å². The molecule has 0 amide bonds. The summed E-state index contributed by atoms with van der Waals surface area (Å²) >= 11 is 2.35. The molecule has 0 atom stereocenters. The smallest absolute Gasteiger partial charge is 0.292 e. The highest BCUT2D eigenvalue weighted by Crippen LogP contribution is 2.02. The minimum atomic E-state index is 0.375. The van der Waals surface area contributed by atoms with Crippen molar-refractivity contribution in [1.82, 2.24) is 0 Å². The summed E-state index contributed by atoms with van der Waals surface area (Å²) in [6, 6.07) is 10.4. The summed E-state index contributed by atoms with van der Waals surface area (Å²) in [5.41, 5.74) is 1.40. The van der Waals surface area contributed by atoms with Crippen molar-refractivity contribution in [2.24, 2.45) is 0 Å². The minimum Gasteiger partial charge on any atom is -0.471 e. The van der Waals surface area contributed by atoms with Gasteiger partial charge in [0.1, 0.15) is 0 Å². The van der Waals surface area contributed by atoms with Crippen LogP contribution in [0.2, 0.25) is 0 Å². The first-order valence-corrected chi connectivity index (χ1v) is 4.94. The molecule has 0 heterocycles. The average Bonchev–Trinajstić information content (AvgIpc) is 2.19. The van der Waals surface area contributed by atoms with Gasteiger partial charge in [-0.3, -0.25) is 4.79 Å². The Bertz CT molecular complexity index is 199. The second-order valence-electron chi connectivity index (χ2n) is 1.95. The quantitative estimate of drug-likeness (QED) is 0.472. The standard InChI is InChI=1S/C7H7I.C2H4O2/c8-6-7-4-2-1-3-5-7;1-4-2-3/h1-5H,6H2;2H,1H3. The van der Waals surface area contributed by atoms with E-state index in [1.807, 2.05) is 6.07 Å². The first-order chi connectivity index (χ1) is 5.85. The van der Waals surface area contributed by atoms with Crippen LogP contribution in [0.1, 0.15) is 5.56 Å². The van der Waals surface area contributed by atoms with Crippen LogP contribution in [0.5, 0.6) is 0 Å². The largest absolute Gasteiger partial charge is 0.471 e. The summed E-state index contributed by atoms with van der Waals surface area (Å²) in [7, 11) is 1.31. The van der Waals surface area contributed by atoms with E-state index in [0.29, 0.717) is 6.47 Å². The average molecular weight is 278 g/mol. The van der Waals surface area contributed by atoms with Gasteiger partial charge in [-0.15, -0.1) is 0 Å². The molecule has 0 fully saturated rings. The molecular formula is C9H11IO2. The summed E-state index contributed by atoms with van der Waals surface area (Å²) in [6.45, 7) is 0.375. The lowest BCUT2D eigenvalue weighted by atomic mass is 10.2. The highest BCUT2D eigenvalue weighted by Gasteiger charge is 1.81. The monoisotopic (exact) mass is 278 g/mol. The number of benzene rings is 1. The van der Waals surface area contributed by atoms with Crippen LogP contribution in [0.15, 0.2) is 30.3 Å². The lowest BCUT2D eigenvalue weighted by Crippen LogP contribution is -1.70. The molecule has 12 heavy (non-hydrogen) atoms. The van der Waals surface area contributed by atoms with Crippen LogP contribution in [0.3, 0.4) is 0 Å². The fourth-order valence-corrected chi connectivity index (χ4v) is 1.08. The molecule has 0 radical (unpaired) electrons. The number of halogens is 1. The highest BCUT2D eigenvalue weighted by atomic mass is 127. The summed E-state index contributed by atoms with van der Waals surface area (Å²) < 4.78 is 4.97. The Morgan fingerprint density at radius 3 is 2.17 bits per heavy atom. The SMILES string of the molecule is COC=O.ICc1ccccc1. The number of alkyl halides is 1. The molecule has 1 rings (SSSR count). The molecule has 66 valence electrons.